The monoisotopic (exact) mass is 443 g/mol. The van der Waals surface area contributed by atoms with E-state index in [2.05, 4.69) is 134 Å². The number of hydrogen-bond donors (Lipinski definition) is 0. The lowest BCUT2D eigenvalue weighted by Gasteiger charge is -2.37. The minimum absolute atomic E-state index is 0.523. The molecule has 4 aromatic carbocycles. The highest BCUT2D eigenvalue weighted by Gasteiger charge is 2.53. The van der Waals surface area contributed by atoms with Crippen LogP contribution in [0.1, 0.15) is 40.7 Å². The van der Waals surface area contributed by atoms with E-state index in [1.807, 2.05) is 0 Å². The first-order valence-electron chi connectivity index (χ1n) is 12.1. The average Bonchev–Trinajstić information content (AvgIpc) is 3.46. The lowest BCUT2D eigenvalue weighted by Crippen LogP contribution is -2.34. The van der Waals surface area contributed by atoms with Gasteiger partial charge in [0.15, 0.2) is 0 Å². The Hall–Kier alpha value is -3.62. The molecule has 6 rings (SSSR count). The summed E-state index contributed by atoms with van der Waals surface area (Å²) in [7, 11) is 2.13. The number of nitrogens with zero attached hydrogens (tertiary/aromatic N) is 1. The third-order valence-electron chi connectivity index (χ3n) is 7.51. The zero-order valence-corrected chi connectivity index (χ0v) is 19.7. The molecule has 1 saturated heterocycles. The van der Waals surface area contributed by atoms with Crippen LogP contribution in [0, 0.1) is 6.92 Å². The molecule has 0 radical (unpaired) electrons. The van der Waals surface area contributed by atoms with Gasteiger partial charge in [-0.3, -0.25) is 0 Å². The molecule has 1 aromatic heterocycles. The highest BCUT2D eigenvalue weighted by atomic mass is 16.5. The summed E-state index contributed by atoms with van der Waals surface area (Å²) in [6, 6.07) is 39.0. The highest BCUT2D eigenvalue weighted by molar-refractivity contribution is 5.85. The first kappa shape index (κ1) is 20.9. The average molecular weight is 444 g/mol. The first-order chi connectivity index (χ1) is 16.6. The van der Waals surface area contributed by atoms with Crippen molar-refractivity contribution in [3.05, 3.63) is 143 Å². The number of ether oxygens (including phenoxy) is 1. The van der Waals surface area contributed by atoms with Crippen molar-refractivity contribution in [2.45, 2.75) is 31.0 Å². The molecule has 0 saturated carbocycles. The molecule has 1 unspecified atom stereocenters. The lowest BCUT2D eigenvalue weighted by molar-refractivity contribution is -0.0674. The molecule has 5 aromatic rings. The maximum absolute atomic E-state index is 7.53. The molecule has 0 spiro atoms. The van der Waals surface area contributed by atoms with Gasteiger partial charge in [0.2, 0.25) is 0 Å². The lowest BCUT2D eigenvalue weighted by atomic mass is 9.81. The van der Waals surface area contributed by atoms with Gasteiger partial charge >= 0.3 is 0 Å². The number of benzene rings is 4. The smallest absolute Gasteiger partial charge is 0.122 e. The second-order valence-corrected chi connectivity index (χ2v) is 9.52. The van der Waals surface area contributed by atoms with Crippen molar-refractivity contribution in [2.75, 3.05) is 0 Å². The fourth-order valence-corrected chi connectivity index (χ4v) is 5.77. The Balaban J connectivity index is 1.63. The Morgan fingerprint density at radius 2 is 1.15 bits per heavy atom. The molecule has 1 fully saturated rings. The van der Waals surface area contributed by atoms with Gasteiger partial charge in [-0.05, 0) is 42.5 Å². The molecule has 168 valence electrons. The number of para-hydroxylation sites is 1. The number of aromatic nitrogens is 1. The first-order valence-corrected chi connectivity index (χ1v) is 12.1. The van der Waals surface area contributed by atoms with E-state index in [-0.39, 0.29) is 0 Å². The van der Waals surface area contributed by atoms with Crippen molar-refractivity contribution >= 4 is 10.9 Å². The van der Waals surface area contributed by atoms with Crippen molar-refractivity contribution in [3.63, 3.8) is 0 Å². The molecular weight excluding hydrogens is 414 g/mol. The second-order valence-electron chi connectivity index (χ2n) is 9.52. The second kappa shape index (κ2) is 8.00. The van der Waals surface area contributed by atoms with Crippen LogP contribution in [0.5, 0.6) is 0 Å². The zero-order valence-electron chi connectivity index (χ0n) is 19.7. The molecule has 0 amide bonds. The molecule has 0 aliphatic carbocycles. The van der Waals surface area contributed by atoms with Crippen LogP contribution in [0.25, 0.3) is 10.9 Å². The van der Waals surface area contributed by atoms with Crippen LogP contribution in [-0.2, 0) is 23.0 Å². The Morgan fingerprint density at radius 1 is 0.618 bits per heavy atom. The third-order valence-corrected chi connectivity index (χ3v) is 7.51. The predicted molar refractivity (Wildman–Crippen MR) is 139 cm³/mol. The largest absolute Gasteiger partial charge is 0.350 e. The summed E-state index contributed by atoms with van der Waals surface area (Å²) in [6.45, 7) is 2.14. The molecule has 2 nitrogen and oxygen atoms in total. The fraction of sp³-hybridized carbons (Fsp3) is 0.188. The topological polar surface area (TPSA) is 14.2 Å². The van der Waals surface area contributed by atoms with Gasteiger partial charge in [-0.1, -0.05) is 109 Å². The van der Waals surface area contributed by atoms with E-state index in [9.17, 15) is 0 Å². The van der Waals surface area contributed by atoms with Gasteiger partial charge in [0, 0.05) is 29.7 Å². The van der Waals surface area contributed by atoms with Crippen molar-refractivity contribution < 1.29 is 4.74 Å². The standard InChI is InChI=1S/C32H29NO/c1-24-17-19-27(20-18-24)32(29-23-33(2)30-16-10-9-15-28(29)30)22-21-31(34-32,25-11-5-3-6-12-25)26-13-7-4-8-14-26/h3-20,23H,21-22H2,1-2H3. The van der Waals surface area contributed by atoms with E-state index in [4.69, 9.17) is 4.74 Å². The summed E-state index contributed by atoms with van der Waals surface area (Å²) in [5.74, 6) is 0. The van der Waals surface area contributed by atoms with Crippen molar-refractivity contribution in [3.8, 4) is 0 Å². The molecule has 1 aliphatic heterocycles. The third kappa shape index (κ3) is 3.13. The molecule has 0 N–H and O–H groups in total. The molecule has 1 aliphatic rings. The minimum atomic E-state index is -0.555. The number of fused-ring (bicyclic) bond motifs is 1. The van der Waals surface area contributed by atoms with Crippen LogP contribution in [0.15, 0.2) is 115 Å². The minimum Gasteiger partial charge on any atom is -0.350 e. The summed E-state index contributed by atoms with van der Waals surface area (Å²) >= 11 is 0. The molecular formula is C32H29NO. The molecule has 2 heterocycles. The summed E-state index contributed by atoms with van der Waals surface area (Å²) in [6.07, 6.45) is 4.07. The maximum Gasteiger partial charge on any atom is 0.122 e. The molecule has 0 bridgehead atoms. The van der Waals surface area contributed by atoms with Crippen LogP contribution in [0.4, 0.5) is 0 Å². The van der Waals surface area contributed by atoms with Gasteiger partial charge in [0.05, 0.1) is 0 Å². The quantitative estimate of drug-likeness (QED) is 0.281. The van der Waals surface area contributed by atoms with E-state index < -0.39 is 11.2 Å². The Kier molecular flexibility index (Phi) is 4.93. The van der Waals surface area contributed by atoms with Gasteiger partial charge in [-0.15, -0.1) is 0 Å². The molecule has 2 heteroatoms. The van der Waals surface area contributed by atoms with Gasteiger partial charge in [-0.25, -0.2) is 0 Å². The van der Waals surface area contributed by atoms with E-state index in [0.717, 1.165) is 12.8 Å². The molecule has 1 atom stereocenters. The number of rotatable bonds is 4. The highest BCUT2D eigenvalue weighted by Crippen LogP contribution is 2.56. The summed E-state index contributed by atoms with van der Waals surface area (Å²) in [5.41, 5.74) is 6.26. The Morgan fingerprint density at radius 3 is 1.79 bits per heavy atom. The number of aryl methyl sites for hydroxylation is 2. The van der Waals surface area contributed by atoms with Gasteiger partial charge in [0.1, 0.15) is 11.2 Å². The van der Waals surface area contributed by atoms with Gasteiger partial charge in [0.25, 0.3) is 0 Å². The van der Waals surface area contributed by atoms with E-state index in [1.165, 1.54) is 38.7 Å². The van der Waals surface area contributed by atoms with Crippen molar-refractivity contribution in [1.82, 2.24) is 4.57 Å². The van der Waals surface area contributed by atoms with Crippen molar-refractivity contribution in [2.24, 2.45) is 7.05 Å². The maximum atomic E-state index is 7.53. The van der Waals surface area contributed by atoms with E-state index in [0.29, 0.717) is 0 Å². The molecule has 34 heavy (non-hydrogen) atoms. The van der Waals surface area contributed by atoms with Gasteiger partial charge in [-0.2, -0.15) is 0 Å². The summed E-state index contributed by atoms with van der Waals surface area (Å²) in [4.78, 5) is 0. The summed E-state index contributed by atoms with van der Waals surface area (Å²) in [5, 5.41) is 1.25. The zero-order chi connectivity index (χ0) is 23.2. The Bertz CT molecular complexity index is 1390. The Labute approximate surface area is 201 Å². The predicted octanol–water partition coefficient (Wildman–Crippen LogP) is 7.48. The van der Waals surface area contributed by atoms with Crippen LogP contribution in [-0.4, -0.2) is 4.57 Å². The van der Waals surface area contributed by atoms with E-state index >= 15 is 0 Å². The fourth-order valence-electron chi connectivity index (χ4n) is 5.77. The SMILES string of the molecule is Cc1ccc(C2(c3cn(C)c4ccccc34)CCC(c3ccccc3)(c3ccccc3)O2)cc1. The van der Waals surface area contributed by atoms with Crippen LogP contribution < -0.4 is 0 Å². The normalized spacial score (nSPS) is 19.5. The van der Waals surface area contributed by atoms with Crippen molar-refractivity contribution in [1.29, 1.82) is 0 Å². The van der Waals surface area contributed by atoms with Gasteiger partial charge < -0.3 is 9.30 Å². The van der Waals surface area contributed by atoms with Crippen LogP contribution >= 0.6 is 0 Å². The van der Waals surface area contributed by atoms with E-state index in [1.54, 1.807) is 0 Å². The van der Waals surface area contributed by atoms with Crippen LogP contribution in [0.2, 0.25) is 0 Å². The summed E-state index contributed by atoms with van der Waals surface area (Å²) < 4.78 is 9.76. The number of hydrogen-bond acceptors (Lipinski definition) is 1. The van der Waals surface area contributed by atoms with Crippen LogP contribution in [0.3, 0.4) is 0 Å².